The van der Waals surface area contributed by atoms with E-state index in [1.807, 2.05) is 12.1 Å². The molecule has 0 spiro atoms. The molecule has 0 unspecified atom stereocenters. The van der Waals surface area contributed by atoms with E-state index in [2.05, 4.69) is 22.1 Å². The van der Waals surface area contributed by atoms with E-state index in [4.69, 9.17) is 0 Å². The Morgan fingerprint density at radius 3 is 2.94 bits per heavy atom. The summed E-state index contributed by atoms with van der Waals surface area (Å²) in [5, 5.41) is 2.94. The molecular weight excluding hydrogens is 226 g/mol. The lowest BCUT2D eigenvalue weighted by atomic mass is 9.99. The number of carbonyl (C=O) groups is 1. The summed E-state index contributed by atoms with van der Waals surface area (Å²) in [5.74, 6) is 0.910. The molecule has 4 heteroatoms. The number of hydrogen-bond acceptors (Lipinski definition) is 3. The Balaban J connectivity index is 1.69. The van der Waals surface area contributed by atoms with Gasteiger partial charge in [0, 0.05) is 18.9 Å². The number of aromatic nitrogens is 1. The fourth-order valence-electron chi connectivity index (χ4n) is 2.18. The first-order chi connectivity index (χ1) is 8.74. The summed E-state index contributed by atoms with van der Waals surface area (Å²) < 4.78 is 0. The molecule has 0 aliphatic carbocycles. The molecule has 0 bridgehead atoms. The summed E-state index contributed by atoms with van der Waals surface area (Å²) >= 11 is 0. The summed E-state index contributed by atoms with van der Waals surface area (Å²) in [6, 6.07) is 3.85. The first-order valence-electron chi connectivity index (χ1n) is 6.62. The van der Waals surface area contributed by atoms with Crippen LogP contribution in [-0.2, 0) is 11.3 Å². The molecule has 98 valence electrons. The largest absolute Gasteiger partial charge is 0.351 e. The van der Waals surface area contributed by atoms with Gasteiger partial charge < -0.3 is 5.32 Å². The number of piperidine rings is 1. The molecule has 2 heterocycles. The Hall–Kier alpha value is -1.42. The highest BCUT2D eigenvalue weighted by molar-refractivity contribution is 5.78. The Kier molecular flexibility index (Phi) is 4.70. The van der Waals surface area contributed by atoms with Gasteiger partial charge in [-0.2, -0.15) is 0 Å². The van der Waals surface area contributed by atoms with Crippen molar-refractivity contribution in [3.8, 4) is 0 Å². The molecule has 1 N–H and O–H groups in total. The summed E-state index contributed by atoms with van der Waals surface area (Å²) in [5.41, 5.74) is 1.04. The van der Waals surface area contributed by atoms with Crippen LogP contribution in [0.2, 0.25) is 0 Å². The SMILES string of the molecule is CC1CCN(CC(=O)NCc2cccnc2)CC1. The minimum Gasteiger partial charge on any atom is -0.351 e. The van der Waals surface area contributed by atoms with Gasteiger partial charge in [0.1, 0.15) is 0 Å². The van der Waals surface area contributed by atoms with Gasteiger partial charge in [0.25, 0.3) is 0 Å². The zero-order chi connectivity index (χ0) is 12.8. The number of hydrogen-bond donors (Lipinski definition) is 1. The first-order valence-corrected chi connectivity index (χ1v) is 6.62. The van der Waals surface area contributed by atoms with Crippen LogP contribution >= 0.6 is 0 Å². The van der Waals surface area contributed by atoms with Crippen molar-refractivity contribution in [1.29, 1.82) is 0 Å². The van der Waals surface area contributed by atoms with E-state index < -0.39 is 0 Å². The molecule has 1 aliphatic heterocycles. The number of likely N-dealkylation sites (tertiary alicyclic amines) is 1. The second-order valence-electron chi connectivity index (χ2n) is 5.10. The number of nitrogens with zero attached hydrogens (tertiary/aromatic N) is 2. The predicted molar refractivity (Wildman–Crippen MR) is 70.9 cm³/mol. The predicted octanol–water partition coefficient (Wildman–Crippen LogP) is 1.43. The highest BCUT2D eigenvalue weighted by atomic mass is 16.2. The van der Waals surface area contributed by atoms with Crippen LogP contribution in [0.5, 0.6) is 0 Å². The van der Waals surface area contributed by atoms with Crippen LogP contribution < -0.4 is 5.32 Å². The second-order valence-corrected chi connectivity index (χ2v) is 5.10. The molecule has 1 amide bonds. The van der Waals surface area contributed by atoms with Gasteiger partial charge in [-0.05, 0) is 43.5 Å². The Morgan fingerprint density at radius 2 is 2.28 bits per heavy atom. The van der Waals surface area contributed by atoms with Crippen molar-refractivity contribution in [2.45, 2.75) is 26.3 Å². The van der Waals surface area contributed by atoms with Gasteiger partial charge in [0.05, 0.1) is 6.54 Å². The lowest BCUT2D eigenvalue weighted by molar-refractivity contribution is -0.122. The molecule has 0 saturated carbocycles. The third-order valence-corrected chi connectivity index (χ3v) is 3.46. The van der Waals surface area contributed by atoms with Crippen molar-refractivity contribution >= 4 is 5.91 Å². The smallest absolute Gasteiger partial charge is 0.234 e. The van der Waals surface area contributed by atoms with Crippen LogP contribution in [0.4, 0.5) is 0 Å². The number of amides is 1. The number of carbonyl (C=O) groups excluding carboxylic acids is 1. The molecule has 2 rings (SSSR count). The van der Waals surface area contributed by atoms with Crippen LogP contribution in [-0.4, -0.2) is 35.4 Å². The van der Waals surface area contributed by atoms with Crippen LogP contribution in [0.15, 0.2) is 24.5 Å². The van der Waals surface area contributed by atoms with E-state index >= 15 is 0 Å². The van der Waals surface area contributed by atoms with E-state index in [0.29, 0.717) is 13.1 Å². The van der Waals surface area contributed by atoms with Crippen molar-refractivity contribution in [3.63, 3.8) is 0 Å². The summed E-state index contributed by atoms with van der Waals surface area (Å²) in [4.78, 5) is 18.1. The maximum absolute atomic E-state index is 11.8. The zero-order valence-electron chi connectivity index (χ0n) is 10.9. The van der Waals surface area contributed by atoms with Crippen molar-refractivity contribution in [3.05, 3.63) is 30.1 Å². The van der Waals surface area contributed by atoms with E-state index in [-0.39, 0.29) is 5.91 Å². The van der Waals surface area contributed by atoms with Crippen molar-refractivity contribution in [2.24, 2.45) is 5.92 Å². The van der Waals surface area contributed by atoms with Gasteiger partial charge in [-0.3, -0.25) is 14.7 Å². The standard InChI is InChI=1S/C14H21N3O/c1-12-4-7-17(8-5-12)11-14(18)16-10-13-3-2-6-15-9-13/h2-3,6,9,12H,4-5,7-8,10-11H2,1H3,(H,16,18). The van der Waals surface area contributed by atoms with Crippen LogP contribution in [0.3, 0.4) is 0 Å². The van der Waals surface area contributed by atoms with Gasteiger partial charge in [-0.25, -0.2) is 0 Å². The normalized spacial score (nSPS) is 17.6. The lowest BCUT2D eigenvalue weighted by Crippen LogP contribution is -2.41. The second kappa shape index (κ2) is 6.50. The molecule has 0 aromatic carbocycles. The summed E-state index contributed by atoms with van der Waals surface area (Å²) in [7, 11) is 0. The fraction of sp³-hybridized carbons (Fsp3) is 0.571. The molecule has 1 aromatic rings. The third-order valence-electron chi connectivity index (χ3n) is 3.46. The number of pyridine rings is 1. The van der Waals surface area contributed by atoms with Gasteiger partial charge in [0.2, 0.25) is 5.91 Å². The maximum Gasteiger partial charge on any atom is 0.234 e. The highest BCUT2D eigenvalue weighted by Gasteiger charge is 2.17. The molecule has 1 aromatic heterocycles. The molecule has 18 heavy (non-hydrogen) atoms. The lowest BCUT2D eigenvalue weighted by Gasteiger charge is -2.29. The molecule has 1 saturated heterocycles. The molecule has 1 aliphatic rings. The molecule has 1 fully saturated rings. The van der Waals surface area contributed by atoms with Crippen molar-refractivity contribution in [2.75, 3.05) is 19.6 Å². The van der Waals surface area contributed by atoms with E-state index in [0.717, 1.165) is 24.6 Å². The van der Waals surface area contributed by atoms with E-state index in [1.54, 1.807) is 12.4 Å². The Bertz CT molecular complexity index is 372. The zero-order valence-corrected chi connectivity index (χ0v) is 10.9. The Morgan fingerprint density at radius 1 is 1.50 bits per heavy atom. The van der Waals surface area contributed by atoms with Gasteiger partial charge >= 0.3 is 0 Å². The minimum absolute atomic E-state index is 0.105. The maximum atomic E-state index is 11.8. The number of nitrogens with one attached hydrogen (secondary N) is 1. The average molecular weight is 247 g/mol. The van der Waals surface area contributed by atoms with Crippen LogP contribution in [0.25, 0.3) is 0 Å². The Labute approximate surface area is 108 Å². The number of rotatable bonds is 4. The molecular formula is C14H21N3O. The average Bonchev–Trinajstić information content (AvgIpc) is 2.40. The topological polar surface area (TPSA) is 45.2 Å². The van der Waals surface area contributed by atoms with Crippen LogP contribution in [0, 0.1) is 5.92 Å². The van der Waals surface area contributed by atoms with Crippen molar-refractivity contribution in [1.82, 2.24) is 15.2 Å². The molecule has 0 radical (unpaired) electrons. The van der Waals surface area contributed by atoms with Crippen LogP contribution in [0.1, 0.15) is 25.3 Å². The highest BCUT2D eigenvalue weighted by Crippen LogP contribution is 2.15. The summed E-state index contributed by atoms with van der Waals surface area (Å²) in [6.45, 7) is 5.45. The molecule has 0 atom stereocenters. The van der Waals surface area contributed by atoms with Gasteiger partial charge in [-0.1, -0.05) is 13.0 Å². The fourth-order valence-corrected chi connectivity index (χ4v) is 2.18. The van der Waals surface area contributed by atoms with Gasteiger partial charge in [-0.15, -0.1) is 0 Å². The van der Waals surface area contributed by atoms with E-state index in [1.165, 1.54) is 12.8 Å². The minimum atomic E-state index is 0.105. The van der Waals surface area contributed by atoms with Crippen molar-refractivity contribution < 1.29 is 4.79 Å². The van der Waals surface area contributed by atoms with Gasteiger partial charge in [0.15, 0.2) is 0 Å². The van der Waals surface area contributed by atoms with E-state index in [9.17, 15) is 4.79 Å². The summed E-state index contributed by atoms with van der Waals surface area (Å²) in [6.07, 6.45) is 5.93. The monoisotopic (exact) mass is 247 g/mol. The first kappa shape index (κ1) is 13.0. The molecule has 4 nitrogen and oxygen atoms in total. The third kappa shape index (κ3) is 4.11. The quantitative estimate of drug-likeness (QED) is 0.875.